The number of hydrogen-bond donors (Lipinski definition) is 2. The molecular weight excluding hydrogens is 330 g/mol. The van der Waals surface area contributed by atoms with Crippen molar-refractivity contribution in [1.29, 1.82) is 0 Å². The highest BCUT2D eigenvalue weighted by Crippen LogP contribution is 2.23. The second-order valence-electron chi connectivity index (χ2n) is 5.70. The number of amides is 1. The zero-order valence-electron chi connectivity index (χ0n) is 13.4. The van der Waals surface area contributed by atoms with Crippen LogP contribution in [-0.4, -0.2) is 40.5 Å². The van der Waals surface area contributed by atoms with E-state index in [1.165, 1.54) is 12.4 Å². The van der Waals surface area contributed by atoms with E-state index in [1.807, 2.05) is 30.3 Å². The molecule has 1 amide bonds. The van der Waals surface area contributed by atoms with E-state index in [0.717, 1.165) is 17.4 Å². The molecule has 0 bridgehead atoms. The number of rotatable bonds is 6. The lowest BCUT2D eigenvalue weighted by Crippen LogP contribution is -2.49. The minimum Gasteiger partial charge on any atom is -0.289 e. The fraction of sp³-hybridized carbons (Fsp3) is 0.312. The molecule has 1 unspecified atom stereocenters. The van der Waals surface area contributed by atoms with Crippen molar-refractivity contribution in [1.82, 2.24) is 15.4 Å². The number of benzene rings is 1. The van der Waals surface area contributed by atoms with Gasteiger partial charge < -0.3 is 0 Å². The van der Waals surface area contributed by atoms with Crippen molar-refractivity contribution in [3.63, 3.8) is 0 Å². The van der Waals surface area contributed by atoms with E-state index < -0.39 is 20.5 Å². The molecule has 8 heteroatoms. The third-order valence-electron chi connectivity index (χ3n) is 4.04. The smallest absolute Gasteiger partial charge is 0.264 e. The molecule has 0 fully saturated rings. The van der Waals surface area contributed by atoms with Gasteiger partial charge in [-0.1, -0.05) is 30.3 Å². The molecule has 7 nitrogen and oxygen atoms in total. The molecular formula is C16H19N3O4S. The number of carbonyl (C=O) groups is 1. The Morgan fingerprint density at radius 1 is 1.17 bits per heavy atom. The van der Waals surface area contributed by atoms with E-state index in [0.29, 0.717) is 5.82 Å². The maximum absolute atomic E-state index is 11.9. The highest BCUT2D eigenvalue weighted by Gasteiger charge is 2.43. The van der Waals surface area contributed by atoms with E-state index in [4.69, 9.17) is 5.21 Å². The standard InChI is InChI=1S/C16H19N3O4S/c1-16(15(20)19-21,24(2,22)23)9-8-14-17-10-13(11-18-14)12-6-4-3-5-7-12/h3-7,10-11,21H,8-9H2,1-2H3,(H,19,20). The Balaban J connectivity index is 2.15. The Kier molecular flexibility index (Phi) is 5.30. The Morgan fingerprint density at radius 2 is 1.75 bits per heavy atom. The van der Waals surface area contributed by atoms with Gasteiger partial charge in [-0.05, 0) is 18.9 Å². The van der Waals surface area contributed by atoms with Crippen LogP contribution in [-0.2, 0) is 21.1 Å². The van der Waals surface area contributed by atoms with Gasteiger partial charge in [0, 0.05) is 30.6 Å². The van der Waals surface area contributed by atoms with Crippen molar-refractivity contribution in [3.05, 3.63) is 48.5 Å². The average Bonchev–Trinajstić information content (AvgIpc) is 2.59. The highest BCUT2D eigenvalue weighted by molar-refractivity contribution is 7.92. The summed E-state index contributed by atoms with van der Waals surface area (Å²) in [6.07, 6.45) is 4.42. The molecule has 0 aliphatic carbocycles. The Hall–Kier alpha value is -2.32. The second-order valence-corrected chi connectivity index (χ2v) is 8.14. The van der Waals surface area contributed by atoms with Crippen LogP contribution in [0.15, 0.2) is 42.7 Å². The summed E-state index contributed by atoms with van der Waals surface area (Å²) in [4.78, 5) is 20.2. The van der Waals surface area contributed by atoms with Gasteiger partial charge in [-0.2, -0.15) is 0 Å². The Bertz CT molecular complexity index is 807. The fourth-order valence-corrected chi connectivity index (χ4v) is 3.05. The normalized spacial score (nSPS) is 14.0. The summed E-state index contributed by atoms with van der Waals surface area (Å²) in [7, 11) is -3.72. The van der Waals surface area contributed by atoms with Gasteiger partial charge in [0.15, 0.2) is 9.84 Å². The van der Waals surface area contributed by atoms with Crippen molar-refractivity contribution < 1.29 is 18.4 Å². The Labute approximate surface area is 140 Å². The molecule has 0 saturated heterocycles. The molecule has 1 aromatic carbocycles. The number of nitrogens with zero attached hydrogens (tertiary/aromatic N) is 2. The summed E-state index contributed by atoms with van der Waals surface area (Å²) in [5.74, 6) is -0.541. The molecule has 0 saturated carbocycles. The summed E-state index contributed by atoms with van der Waals surface area (Å²) in [6.45, 7) is 1.27. The zero-order chi connectivity index (χ0) is 17.8. The molecule has 0 spiro atoms. The minimum atomic E-state index is -3.72. The number of aryl methyl sites for hydroxylation is 1. The van der Waals surface area contributed by atoms with Crippen LogP contribution >= 0.6 is 0 Å². The number of sulfone groups is 1. The number of hydroxylamine groups is 1. The molecule has 1 atom stereocenters. The molecule has 1 aromatic heterocycles. The largest absolute Gasteiger partial charge is 0.289 e. The second kappa shape index (κ2) is 7.06. The van der Waals surface area contributed by atoms with Crippen LogP contribution in [0.5, 0.6) is 0 Å². The first-order chi connectivity index (χ1) is 11.3. The summed E-state index contributed by atoms with van der Waals surface area (Å²) in [5.41, 5.74) is 3.24. The lowest BCUT2D eigenvalue weighted by Gasteiger charge is -2.24. The highest BCUT2D eigenvalue weighted by atomic mass is 32.2. The van der Waals surface area contributed by atoms with E-state index in [9.17, 15) is 13.2 Å². The lowest BCUT2D eigenvalue weighted by molar-refractivity contribution is -0.131. The van der Waals surface area contributed by atoms with E-state index >= 15 is 0 Å². The van der Waals surface area contributed by atoms with Crippen molar-refractivity contribution in [2.45, 2.75) is 24.5 Å². The molecule has 0 aliphatic heterocycles. The van der Waals surface area contributed by atoms with Crippen molar-refractivity contribution in [3.8, 4) is 11.1 Å². The average molecular weight is 349 g/mol. The predicted molar refractivity (Wildman–Crippen MR) is 89.0 cm³/mol. The first-order valence-electron chi connectivity index (χ1n) is 7.28. The van der Waals surface area contributed by atoms with Gasteiger partial charge in [-0.3, -0.25) is 10.0 Å². The minimum absolute atomic E-state index is 0.0388. The van der Waals surface area contributed by atoms with Crippen LogP contribution in [0.2, 0.25) is 0 Å². The van der Waals surface area contributed by atoms with E-state index in [1.54, 1.807) is 12.4 Å². The maximum Gasteiger partial charge on any atom is 0.264 e. The third-order valence-corrected chi connectivity index (χ3v) is 6.06. The quantitative estimate of drug-likeness (QED) is 0.602. The van der Waals surface area contributed by atoms with Gasteiger partial charge in [0.2, 0.25) is 0 Å². The molecule has 2 aromatic rings. The topological polar surface area (TPSA) is 109 Å². The van der Waals surface area contributed by atoms with Crippen molar-refractivity contribution >= 4 is 15.7 Å². The molecule has 2 N–H and O–H groups in total. The van der Waals surface area contributed by atoms with Gasteiger partial charge in [-0.15, -0.1) is 0 Å². The third kappa shape index (κ3) is 3.77. The summed E-state index contributed by atoms with van der Waals surface area (Å²) >= 11 is 0. The van der Waals surface area contributed by atoms with Crippen LogP contribution in [0, 0.1) is 0 Å². The Morgan fingerprint density at radius 3 is 2.25 bits per heavy atom. The molecule has 1 heterocycles. The molecule has 2 rings (SSSR count). The maximum atomic E-state index is 11.9. The van der Waals surface area contributed by atoms with Crippen molar-refractivity contribution in [2.75, 3.05) is 6.26 Å². The van der Waals surface area contributed by atoms with Crippen LogP contribution in [0.1, 0.15) is 19.2 Å². The molecule has 0 radical (unpaired) electrons. The van der Waals surface area contributed by atoms with Crippen LogP contribution in [0.4, 0.5) is 0 Å². The summed E-state index contributed by atoms with van der Waals surface area (Å²) in [5, 5.41) is 8.80. The van der Waals surface area contributed by atoms with Gasteiger partial charge in [0.25, 0.3) is 5.91 Å². The molecule has 24 heavy (non-hydrogen) atoms. The number of carbonyl (C=O) groups excluding carboxylic acids is 1. The molecule has 0 aliphatic rings. The van der Waals surface area contributed by atoms with Gasteiger partial charge in [0.1, 0.15) is 10.6 Å². The monoisotopic (exact) mass is 349 g/mol. The zero-order valence-corrected chi connectivity index (χ0v) is 14.2. The van der Waals surface area contributed by atoms with E-state index in [-0.39, 0.29) is 12.8 Å². The van der Waals surface area contributed by atoms with Crippen molar-refractivity contribution in [2.24, 2.45) is 0 Å². The van der Waals surface area contributed by atoms with Gasteiger partial charge in [0.05, 0.1) is 0 Å². The van der Waals surface area contributed by atoms with Gasteiger partial charge in [-0.25, -0.2) is 23.9 Å². The number of nitrogens with one attached hydrogen (secondary N) is 1. The van der Waals surface area contributed by atoms with Gasteiger partial charge >= 0.3 is 0 Å². The summed E-state index contributed by atoms with van der Waals surface area (Å²) in [6, 6.07) is 9.61. The number of aromatic nitrogens is 2. The van der Waals surface area contributed by atoms with Crippen LogP contribution < -0.4 is 5.48 Å². The summed E-state index contributed by atoms with van der Waals surface area (Å²) < 4.78 is 22.1. The predicted octanol–water partition coefficient (Wildman–Crippen LogP) is 1.38. The SMILES string of the molecule is CC(CCc1ncc(-c2ccccc2)cn1)(C(=O)NO)S(C)(=O)=O. The number of hydrogen-bond acceptors (Lipinski definition) is 6. The van der Waals surface area contributed by atoms with E-state index in [2.05, 4.69) is 9.97 Å². The van der Waals surface area contributed by atoms with Crippen LogP contribution in [0.3, 0.4) is 0 Å². The lowest BCUT2D eigenvalue weighted by atomic mass is 10.0. The van der Waals surface area contributed by atoms with Crippen LogP contribution in [0.25, 0.3) is 11.1 Å². The first kappa shape index (κ1) is 18.0. The fourth-order valence-electron chi connectivity index (χ4n) is 2.20. The molecule has 128 valence electrons. The first-order valence-corrected chi connectivity index (χ1v) is 9.17.